The van der Waals surface area contributed by atoms with Gasteiger partial charge in [0, 0.05) is 44.3 Å². The molecule has 0 bridgehead atoms. The fourth-order valence-electron chi connectivity index (χ4n) is 3.98. The van der Waals surface area contributed by atoms with Gasteiger partial charge in [0.1, 0.15) is 12.4 Å². The van der Waals surface area contributed by atoms with Gasteiger partial charge in [0.15, 0.2) is 11.5 Å². The molecule has 0 N–H and O–H groups in total. The van der Waals surface area contributed by atoms with Crippen molar-refractivity contribution in [3.8, 4) is 11.3 Å². The van der Waals surface area contributed by atoms with Crippen LogP contribution < -0.4 is 0 Å². The first-order valence-corrected chi connectivity index (χ1v) is 15.5. The van der Waals surface area contributed by atoms with E-state index in [1.807, 2.05) is 24.3 Å². The van der Waals surface area contributed by atoms with Crippen LogP contribution in [0.2, 0.25) is 30.7 Å². The number of likely N-dealkylation sites (tertiary alicyclic amines) is 1. The maximum atomic E-state index is 15.6. The molecule has 1 amide bonds. The highest BCUT2D eigenvalue weighted by Crippen LogP contribution is 2.31. The number of carbonyl (C=O) groups is 1. The number of benzene rings is 1. The second kappa shape index (κ2) is 10.3. The molecule has 4 rings (SSSR count). The summed E-state index contributed by atoms with van der Waals surface area (Å²) in [6.45, 7) is 8.38. The van der Waals surface area contributed by atoms with E-state index in [0.717, 1.165) is 18.0 Å². The van der Waals surface area contributed by atoms with E-state index in [1.54, 1.807) is 11.0 Å². The van der Waals surface area contributed by atoms with Gasteiger partial charge in [-0.15, -0.1) is 0 Å². The number of halogens is 2. The highest BCUT2D eigenvalue weighted by molar-refractivity contribution is 6.76. The number of amides is 1. The van der Waals surface area contributed by atoms with Gasteiger partial charge < -0.3 is 9.64 Å². The summed E-state index contributed by atoms with van der Waals surface area (Å²) in [5, 5.41) is 12.6. The monoisotopic (exact) mass is 501 g/mol. The molecule has 2 aromatic heterocycles. The van der Waals surface area contributed by atoms with E-state index >= 15 is 4.39 Å². The van der Waals surface area contributed by atoms with Gasteiger partial charge in [0.2, 0.25) is 0 Å². The first-order chi connectivity index (χ1) is 16.2. The minimum Gasteiger partial charge on any atom is -0.360 e. The third kappa shape index (κ3) is 5.71. The quantitative estimate of drug-likeness (QED) is 0.318. The summed E-state index contributed by atoms with van der Waals surface area (Å²) < 4.78 is 22.8. The van der Waals surface area contributed by atoms with E-state index in [4.69, 9.17) is 16.3 Å². The first kappa shape index (κ1) is 24.5. The van der Waals surface area contributed by atoms with Gasteiger partial charge in [0.05, 0.1) is 12.4 Å². The molecule has 180 valence electrons. The minimum atomic E-state index is -1.28. The highest BCUT2D eigenvalue weighted by atomic mass is 35.5. The molecule has 10 heteroatoms. The van der Waals surface area contributed by atoms with Crippen molar-refractivity contribution in [1.29, 1.82) is 0 Å². The third-order valence-corrected chi connectivity index (χ3v) is 7.94. The largest absolute Gasteiger partial charge is 0.360 e. The number of hydrogen-bond acceptors (Lipinski definition) is 5. The van der Waals surface area contributed by atoms with Crippen LogP contribution in [0.5, 0.6) is 0 Å². The lowest BCUT2D eigenvalue weighted by Crippen LogP contribution is -2.31. The zero-order valence-electron chi connectivity index (χ0n) is 19.7. The van der Waals surface area contributed by atoms with Crippen LogP contribution in [0.1, 0.15) is 28.4 Å². The van der Waals surface area contributed by atoms with Gasteiger partial charge >= 0.3 is 0 Å². The van der Waals surface area contributed by atoms with Crippen molar-refractivity contribution in [1.82, 2.24) is 24.9 Å². The maximum absolute atomic E-state index is 15.6. The smallest absolute Gasteiger partial charge is 0.275 e. The Morgan fingerprint density at radius 3 is 2.65 bits per heavy atom. The predicted octanol–water partition coefficient (Wildman–Crippen LogP) is 5.07. The summed E-state index contributed by atoms with van der Waals surface area (Å²) in [5.74, 6) is -0.872. The SMILES string of the molecule is C[Si](C)(C)CCOCn1nc(-c2ccnnc2)c(F)c1C(=O)N1CCC(c2ccc(Cl)cc2)C1. The van der Waals surface area contributed by atoms with Gasteiger partial charge in [-0.2, -0.15) is 15.3 Å². The standard InChI is InChI=1S/C24H29ClFN5O2Si/c1-34(2,3)13-12-33-16-31-23(21(26)22(29-31)18-8-10-27-28-14-18)24(32)30-11-9-19(15-30)17-4-6-20(25)7-5-17/h4-8,10,14,19H,9,11-13,15-16H2,1-3H3. The second-order valence-corrected chi connectivity index (χ2v) is 15.8. The van der Waals surface area contributed by atoms with Crippen LogP contribution >= 0.6 is 11.6 Å². The normalized spacial score (nSPS) is 16.3. The number of nitrogens with zero attached hydrogens (tertiary/aromatic N) is 5. The van der Waals surface area contributed by atoms with E-state index in [9.17, 15) is 4.79 Å². The zero-order chi connectivity index (χ0) is 24.3. The molecule has 3 aromatic rings. The Bertz CT molecular complexity index is 1130. The molecule has 0 spiro atoms. The number of hydrogen-bond donors (Lipinski definition) is 0. The summed E-state index contributed by atoms with van der Waals surface area (Å²) in [5.41, 5.74) is 1.56. The summed E-state index contributed by atoms with van der Waals surface area (Å²) in [4.78, 5) is 15.2. The molecule has 0 radical (unpaired) electrons. The zero-order valence-corrected chi connectivity index (χ0v) is 21.4. The van der Waals surface area contributed by atoms with Gasteiger partial charge in [0.25, 0.3) is 5.91 Å². The highest BCUT2D eigenvalue weighted by Gasteiger charge is 2.33. The topological polar surface area (TPSA) is 73.1 Å². The van der Waals surface area contributed by atoms with Crippen molar-refractivity contribution in [2.75, 3.05) is 19.7 Å². The predicted molar refractivity (Wildman–Crippen MR) is 132 cm³/mol. The molecule has 3 heterocycles. The number of rotatable bonds is 8. The summed E-state index contributed by atoms with van der Waals surface area (Å²) >= 11 is 6.01. The molecule has 1 unspecified atom stereocenters. The van der Waals surface area contributed by atoms with Gasteiger partial charge in [-0.25, -0.2) is 9.07 Å². The van der Waals surface area contributed by atoms with Crippen LogP contribution in [0.4, 0.5) is 4.39 Å². The molecular weight excluding hydrogens is 473 g/mol. The molecule has 0 saturated carbocycles. The lowest BCUT2D eigenvalue weighted by Gasteiger charge is -2.18. The Morgan fingerprint density at radius 1 is 1.21 bits per heavy atom. The van der Waals surface area contributed by atoms with Crippen molar-refractivity contribution in [2.24, 2.45) is 0 Å². The Balaban J connectivity index is 1.56. The lowest BCUT2D eigenvalue weighted by atomic mass is 9.99. The lowest BCUT2D eigenvalue weighted by molar-refractivity contribution is 0.0647. The Kier molecular flexibility index (Phi) is 7.44. The molecule has 1 aliphatic heterocycles. The van der Waals surface area contributed by atoms with Crippen LogP contribution in [-0.2, 0) is 11.5 Å². The van der Waals surface area contributed by atoms with Crippen molar-refractivity contribution in [2.45, 2.75) is 44.8 Å². The molecule has 1 atom stereocenters. The van der Waals surface area contributed by atoms with Crippen molar-refractivity contribution >= 4 is 25.6 Å². The van der Waals surface area contributed by atoms with Gasteiger partial charge in [-0.05, 0) is 36.2 Å². The van der Waals surface area contributed by atoms with E-state index in [1.165, 1.54) is 17.1 Å². The van der Waals surface area contributed by atoms with Crippen LogP contribution in [0, 0.1) is 5.82 Å². The molecule has 34 heavy (non-hydrogen) atoms. The second-order valence-electron chi connectivity index (χ2n) is 9.78. The van der Waals surface area contributed by atoms with Gasteiger partial charge in [-0.1, -0.05) is 43.4 Å². The molecular formula is C24H29ClFN5O2Si. The third-order valence-electron chi connectivity index (χ3n) is 5.98. The Labute approximate surface area is 204 Å². The molecule has 0 aliphatic carbocycles. The van der Waals surface area contributed by atoms with E-state index in [0.29, 0.717) is 30.3 Å². The molecule has 7 nitrogen and oxygen atoms in total. The van der Waals surface area contributed by atoms with Crippen molar-refractivity contribution < 1.29 is 13.9 Å². The van der Waals surface area contributed by atoms with E-state index in [-0.39, 0.29) is 29.9 Å². The fraction of sp³-hybridized carbons (Fsp3) is 0.417. The average molecular weight is 502 g/mol. The molecule has 1 saturated heterocycles. The molecule has 1 aromatic carbocycles. The average Bonchev–Trinajstić information content (AvgIpc) is 3.42. The molecule has 1 fully saturated rings. The minimum absolute atomic E-state index is 0.00936. The Hall–Kier alpha value is -2.62. The number of carbonyl (C=O) groups excluding carboxylic acids is 1. The fourth-order valence-corrected chi connectivity index (χ4v) is 4.87. The van der Waals surface area contributed by atoms with E-state index in [2.05, 4.69) is 34.9 Å². The maximum Gasteiger partial charge on any atom is 0.275 e. The van der Waals surface area contributed by atoms with E-state index < -0.39 is 13.9 Å². The van der Waals surface area contributed by atoms with Gasteiger partial charge in [-0.3, -0.25) is 4.79 Å². The molecule has 1 aliphatic rings. The Morgan fingerprint density at radius 2 is 1.97 bits per heavy atom. The van der Waals surface area contributed by atoms with Crippen molar-refractivity contribution in [3.05, 3.63) is 64.8 Å². The number of ether oxygens (including phenoxy) is 1. The summed E-state index contributed by atoms with van der Waals surface area (Å²) in [6, 6.07) is 10.2. The summed E-state index contributed by atoms with van der Waals surface area (Å²) in [7, 11) is -1.28. The number of aromatic nitrogens is 4. The van der Waals surface area contributed by atoms with Crippen LogP contribution in [-0.4, -0.2) is 58.6 Å². The van der Waals surface area contributed by atoms with Crippen molar-refractivity contribution in [3.63, 3.8) is 0 Å². The van der Waals surface area contributed by atoms with Crippen LogP contribution in [0.25, 0.3) is 11.3 Å². The summed E-state index contributed by atoms with van der Waals surface area (Å²) in [6.07, 6.45) is 3.70. The van der Waals surface area contributed by atoms with Crippen LogP contribution in [0.15, 0.2) is 42.7 Å². The van der Waals surface area contributed by atoms with Crippen LogP contribution in [0.3, 0.4) is 0 Å². The first-order valence-electron chi connectivity index (χ1n) is 11.4.